The molecule has 2 rings (SSSR count). The van der Waals surface area contributed by atoms with E-state index in [1.165, 1.54) is 30.0 Å². The van der Waals surface area contributed by atoms with Gasteiger partial charge < -0.3 is 15.6 Å². The molecule has 2 aromatic rings. The van der Waals surface area contributed by atoms with Crippen LogP contribution >= 0.6 is 23.1 Å². The van der Waals surface area contributed by atoms with Crippen molar-refractivity contribution in [2.45, 2.75) is 25.3 Å². The van der Waals surface area contributed by atoms with Crippen LogP contribution in [0.3, 0.4) is 0 Å². The molecule has 0 unspecified atom stereocenters. The van der Waals surface area contributed by atoms with E-state index in [4.69, 9.17) is 10.3 Å². The number of Topliss-reactive ketones (excluding diaryl/α,β-unsaturated/α-hetero) is 1. The van der Waals surface area contributed by atoms with Gasteiger partial charge in [0.2, 0.25) is 5.89 Å². The lowest BCUT2D eigenvalue weighted by Crippen LogP contribution is -2.00. The quantitative estimate of drug-likeness (QED) is 0.647. The number of thiophene rings is 1. The molecule has 8 heteroatoms. The molecule has 0 aliphatic heterocycles. The van der Waals surface area contributed by atoms with Crippen molar-refractivity contribution in [2.75, 3.05) is 17.3 Å². The van der Waals surface area contributed by atoms with Crippen LogP contribution in [-0.4, -0.2) is 22.2 Å². The predicted molar refractivity (Wildman–Crippen MR) is 76.9 cm³/mol. The number of hydrogen-bond acceptors (Lipinski definition) is 8. The Labute approximate surface area is 118 Å². The first kappa shape index (κ1) is 13.9. The first-order chi connectivity index (χ1) is 9.02. The lowest BCUT2D eigenvalue weighted by molar-refractivity contribution is 0.102. The summed E-state index contributed by atoms with van der Waals surface area (Å²) < 4.78 is 4.89. The van der Waals surface area contributed by atoms with Crippen LogP contribution in [0.2, 0.25) is 0 Å². The largest absolute Gasteiger partial charge is 0.396 e. The first-order valence-electron chi connectivity index (χ1n) is 5.53. The molecule has 0 saturated carbocycles. The van der Waals surface area contributed by atoms with Crippen molar-refractivity contribution in [1.29, 1.82) is 0 Å². The Morgan fingerprint density at radius 3 is 2.84 bits per heavy atom. The molecule has 2 aromatic heterocycles. The van der Waals surface area contributed by atoms with Gasteiger partial charge in [-0.3, -0.25) is 4.79 Å². The molecule has 6 nitrogen and oxygen atoms in total. The van der Waals surface area contributed by atoms with Gasteiger partial charge in [-0.2, -0.15) is 4.98 Å². The van der Waals surface area contributed by atoms with Crippen LogP contribution < -0.4 is 11.1 Å². The van der Waals surface area contributed by atoms with Crippen LogP contribution in [0.15, 0.2) is 9.42 Å². The molecular weight excluding hydrogens is 284 g/mol. The zero-order valence-electron chi connectivity index (χ0n) is 10.8. The molecule has 0 aliphatic carbocycles. The molecule has 0 atom stereocenters. The van der Waals surface area contributed by atoms with Crippen LogP contribution in [-0.2, 0) is 6.54 Å². The summed E-state index contributed by atoms with van der Waals surface area (Å²) in [4.78, 5) is 17.0. The van der Waals surface area contributed by atoms with E-state index in [1.54, 1.807) is 6.92 Å². The van der Waals surface area contributed by atoms with E-state index < -0.39 is 0 Å². The second kappa shape index (κ2) is 5.62. The van der Waals surface area contributed by atoms with Gasteiger partial charge >= 0.3 is 0 Å². The Bertz CT molecular complexity index is 606. The molecule has 0 aliphatic rings. The Kier molecular flexibility index (Phi) is 4.11. The van der Waals surface area contributed by atoms with Gasteiger partial charge in [-0.15, -0.1) is 23.1 Å². The zero-order valence-corrected chi connectivity index (χ0v) is 12.4. The molecule has 0 radical (unpaired) electrons. The van der Waals surface area contributed by atoms with Crippen LogP contribution in [0, 0.1) is 6.92 Å². The smallest absolute Gasteiger partial charge is 0.223 e. The molecule has 0 bridgehead atoms. The Morgan fingerprint density at radius 2 is 2.32 bits per heavy atom. The number of carbonyl (C=O) groups is 1. The maximum atomic E-state index is 11.5. The van der Waals surface area contributed by atoms with Crippen molar-refractivity contribution in [3.8, 4) is 0 Å². The number of nitrogens with one attached hydrogen (secondary N) is 1. The molecule has 102 valence electrons. The van der Waals surface area contributed by atoms with Crippen LogP contribution in [0.1, 0.15) is 28.3 Å². The minimum Gasteiger partial charge on any atom is -0.396 e. The van der Waals surface area contributed by atoms with Gasteiger partial charge in [-0.1, -0.05) is 5.16 Å². The summed E-state index contributed by atoms with van der Waals surface area (Å²) in [6, 6.07) is 0. The highest BCUT2D eigenvalue weighted by atomic mass is 32.2. The number of thioether (sulfide) groups is 1. The minimum atomic E-state index is -0.0266. The van der Waals surface area contributed by atoms with Crippen molar-refractivity contribution in [3.05, 3.63) is 16.6 Å². The summed E-state index contributed by atoms with van der Waals surface area (Å²) in [5.74, 6) is 1.07. The third kappa shape index (κ3) is 2.90. The second-order valence-corrected chi connectivity index (χ2v) is 5.68. The lowest BCUT2D eigenvalue weighted by atomic mass is 10.3. The number of nitrogens with two attached hydrogens (primary N) is 1. The standard InChI is InChI=1S/C11H14N4O2S2/c1-5(16)9-8(12)10(18-3)11(19-9)13-4-7-14-6(2)17-15-7/h13H,4,12H2,1-3H3. The Hall–Kier alpha value is -1.54. The predicted octanol–water partition coefficient (Wildman–Crippen LogP) is 2.56. The Morgan fingerprint density at radius 1 is 1.58 bits per heavy atom. The molecule has 0 saturated heterocycles. The van der Waals surface area contributed by atoms with Crippen molar-refractivity contribution >= 4 is 39.6 Å². The second-order valence-electron chi connectivity index (χ2n) is 3.85. The van der Waals surface area contributed by atoms with Gasteiger partial charge in [-0.05, 0) is 6.26 Å². The maximum Gasteiger partial charge on any atom is 0.223 e. The molecule has 3 N–H and O–H groups in total. The van der Waals surface area contributed by atoms with E-state index >= 15 is 0 Å². The normalized spacial score (nSPS) is 10.7. The summed E-state index contributed by atoms with van der Waals surface area (Å²) in [6.07, 6.45) is 1.92. The molecule has 2 heterocycles. The lowest BCUT2D eigenvalue weighted by Gasteiger charge is -2.03. The fourth-order valence-electron chi connectivity index (χ4n) is 1.58. The molecule has 0 spiro atoms. The molecule has 19 heavy (non-hydrogen) atoms. The summed E-state index contributed by atoms with van der Waals surface area (Å²) in [5.41, 5.74) is 6.51. The van der Waals surface area contributed by atoms with E-state index in [9.17, 15) is 4.79 Å². The Balaban J connectivity index is 2.20. The molecule has 0 fully saturated rings. The van der Waals surface area contributed by atoms with Gasteiger partial charge in [0.1, 0.15) is 5.00 Å². The summed E-state index contributed by atoms with van der Waals surface area (Å²) in [7, 11) is 0. The van der Waals surface area contributed by atoms with Crippen molar-refractivity contribution < 1.29 is 9.32 Å². The first-order valence-corrected chi connectivity index (χ1v) is 7.57. The number of carbonyl (C=O) groups excluding carboxylic acids is 1. The number of rotatable bonds is 5. The van der Waals surface area contributed by atoms with Crippen LogP contribution in [0.4, 0.5) is 10.7 Å². The van der Waals surface area contributed by atoms with Gasteiger partial charge in [-0.25, -0.2) is 0 Å². The monoisotopic (exact) mass is 298 g/mol. The van der Waals surface area contributed by atoms with Gasteiger partial charge in [0.25, 0.3) is 0 Å². The fourth-order valence-corrected chi connectivity index (χ4v) is 3.51. The summed E-state index contributed by atoms with van der Waals surface area (Å²) in [6.45, 7) is 3.68. The number of aromatic nitrogens is 2. The minimum absolute atomic E-state index is 0.0266. The maximum absolute atomic E-state index is 11.5. The van der Waals surface area contributed by atoms with Crippen LogP contribution in [0.5, 0.6) is 0 Å². The average molecular weight is 298 g/mol. The SMILES string of the molecule is CSc1c(NCc2noc(C)n2)sc(C(C)=O)c1N. The number of anilines is 2. The number of aryl methyl sites for hydroxylation is 1. The van der Waals surface area contributed by atoms with Crippen molar-refractivity contribution in [2.24, 2.45) is 0 Å². The van der Waals surface area contributed by atoms with E-state index in [1.807, 2.05) is 6.26 Å². The van der Waals surface area contributed by atoms with E-state index in [0.717, 1.165) is 9.90 Å². The number of ketones is 1. The third-order valence-electron chi connectivity index (χ3n) is 2.40. The summed E-state index contributed by atoms with van der Waals surface area (Å²) in [5, 5.41) is 7.85. The third-order valence-corrected chi connectivity index (χ3v) is 4.63. The number of nitrogens with zero attached hydrogens (tertiary/aromatic N) is 2. The van der Waals surface area contributed by atoms with Crippen molar-refractivity contribution in [1.82, 2.24) is 10.1 Å². The van der Waals surface area contributed by atoms with E-state index in [2.05, 4.69) is 15.5 Å². The molecule has 0 aromatic carbocycles. The average Bonchev–Trinajstić information content (AvgIpc) is 2.90. The highest BCUT2D eigenvalue weighted by molar-refractivity contribution is 7.99. The molecule has 0 amide bonds. The zero-order chi connectivity index (χ0) is 14.0. The highest BCUT2D eigenvalue weighted by Gasteiger charge is 2.18. The fraction of sp³-hybridized carbons (Fsp3) is 0.364. The van der Waals surface area contributed by atoms with Gasteiger partial charge in [0.15, 0.2) is 11.6 Å². The van der Waals surface area contributed by atoms with Crippen LogP contribution in [0.25, 0.3) is 0 Å². The number of hydrogen-bond donors (Lipinski definition) is 2. The number of nitrogen functional groups attached to an aromatic ring is 1. The van der Waals surface area contributed by atoms with E-state index in [-0.39, 0.29) is 5.78 Å². The summed E-state index contributed by atoms with van der Waals surface area (Å²) >= 11 is 2.86. The topological polar surface area (TPSA) is 94.0 Å². The van der Waals surface area contributed by atoms with Crippen molar-refractivity contribution in [3.63, 3.8) is 0 Å². The molecular formula is C11H14N4O2S2. The van der Waals surface area contributed by atoms with Gasteiger partial charge in [0, 0.05) is 13.8 Å². The van der Waals surface area contributed by atoms with Gasteiger partial charge in [0.05, 0.1) is 22.0 Å². The highest BCUT2D eigenvalue weighted by Crippen LogP contribution is 2.41. The van der Waals surface area contributed by atoms with E-state index in [0.29, 0.717) is 28.8 Å².